The maximum Gasteiger partial charge on any atom is 0.324 e. The number of methoxy groups -OCH3 is 2. The summed E-state index contributed by atoms with van der Waals surface area (Å²) in [5, 5.41) is 16.0. The first-order valence-electron chi connectivity index (χ1n) is 17.6. The molecule has 0 aliphatic heterocycles. The highest BCUT2D eigenvalue weighted by atomic mass is 32.2. The molecular formula is C40H45N7O9S. The summed E-state index contributed by atoms with van der Waals surface area (Å²) in [5.41, 5.74) is 13.4. The fourth-order valence-corrected chi connectivity index (χ4v) is 6.49. The van der Waals surface area contributed by atoms with Crippen molar-refractivity contribution >= 4 is 67.3 Å². The van der Waals surface area contributed by atoms with Gasteiger partial charge in [0.25, 0.3) is 5.91 Å². The second-order valence-electron chi connectivity index (χ2n) is 14.0. The predicted molar refractivity (Wildman–Crippen MR) is 219 cm³/mol. The number of sulfonamides is 1. The molecule has 5 rings (SSSR count). The number of amides is 3. The van der Waals surface area contributed by atoms with Crippen molar-refractivity contribution < 1.29 is 42.1 Å². The van der Waals surface area contributed by atoms with E-state index >= 15 is 0 Å². The number of carbonyl (C=O) groups is 3. The van der Waals surface area contributed by atoms with E-state index in [9.17, 15) is 22.8 Å². The topological polar surface area (TPSA) is 238 Å². The van der Waals surface area contributed by atoms with Crippen LogP contribution in [0.5, 0.6) is 23.0 Å². The zero-order valence-electron chi connectivity index (χ0n) is 32.2. The number of hydrogen-bond donors (Lipinski definition) is 6. The zero-order valence-corrected chi connectivity index (χ0v) is 33.1. The van der Waals surface area contributed by atoms with Crippen LogP contribution in [0.2, 0.25) is 0 Å². The quantitative estimate of drug-likeness (QED) is 0.0694. The largest absolute Gasteiger partial charge is 0.496 e. The Kier molecular flexibility index (Phi) is 12.4. The summed E-state index contributed by atoms with van der Waals surface area (Å²) in [4.78, 5) is 42.8. The number of nitrogens with one attached hydrogen (secondary N) is 3. The van der Waals surface area contributed by atoms with E-state index in [1.54, 1.807) is 66.9 Å². The Morgan fingerprint density at radius 1 is 0.912 bits per heavy atom. The minimum Gasteiger partial charge on any atom is -0.496 e. The number of ether oxygens (including phenoxy) is 3. The van der Waals surface area contributed by atoms with Crippen molar-refractivity contribution in [3.05, 3.63) is 96.2 Å². The minimum atomic E-state index is -3.73. The van der Waals surface area contributed by atoms with Gasteiger partial charge in [0.15, 0.2) is 5.75 Å². The van der Waals surface area contributed by atoms with Gasteiger partial charge < -0.3 is 41.4 Å². The number of urea groups is 1. The molecular weight excluding hydrogens is 755 g/mol. The molecule has 16 nitrogen and oxygen atoms in total. The number of hydrogen-bond acceptors (Lipinski definition) is 11. The second-order valence-corrected chi connectivity index (χ2v) is 15.8. The summed E-state index contributed by atoms with van der Waals surface area (Å²) >= 11 is 0. The Morgan fingerprint density at radius 2 is 1.63 bits per heavy atom. The molecule has 57 heavy (non-hydrogen) atoms. The molecule has 0 bridgehead atoms. The van der Waals surface area contributed by atoms with Crippen LogP contribution in [0.3, 0.4) is 0 Å². The highest BCUT2D eigenvalue weighted by Crippen LogP contribution is 2.46. The molecule has 0 spiro atoms. The molecule has 4 aromatic carbocycles. The van der Waals surface area contributed by atoms with Crippen LogP contribution in [0, 0.1) is 0 Å². The summed E-state index contributed by atoms with van der Waals surface area (Å²) in [6.07, 6.45) is 2.65. The average Bonchev–Trinajstić information content (AvgIpc) is 3.14. The SMILES string of the molecule is COc1cc(Nc2cc(Oc3ccc(N(C(N)=O)c4cc(C(C)(C)C)cc(NS(C)(=O)=O)c4OC)c4ccccc34)ccn2)ccc1C(=O)NCC[C@H](N)C(=O)O. The van der Waals surface area contributed by atoms with Crippen LogP contribution in [0.1, 0.15) is 43.1 Å². The van der Waals surface area contributed by atoms with E-state index in [4.69, 9.17) is 30.8 Å². The Bertz CT molecular complexity index is 2440. The third kappa shape index (κ3) is 10.00. The first kappa shape index (κ1) is 41.6. The van der Waals surface area contributed by atoms with Gasteiger partial charge in [0.2, 0.25) is 10.0 Å². The van der Waals surface area contributed by atoms with Gasteiger partial charge in [-0.3, -0.25) is 19.2 Å². The van der Waals surface area contributed by atoms with Gasteiger partial charge >= 0.3 is 12.0 Å². The maximum absolute atomic E-state index is 13.4. The summed E-state index contributed by atoms with van der Waals surface area (Å²) in [6.45, 7) is 5.94. The van der Waals surface area contributed by atoms with E-state index in [-0.39, 0.29) is 41.4 Å². The summed E-state index contributed by atoms with van der Waals surface area (Å²) < 4.78 is 44.8. The smallest absolute Gasteiger partial charge is 0.324 e. The molecule has 300 valence electrons. The highest BCUT2D eigenvalue weighted by molar-refractivity contribution is 7.92. The number of carboxylic acids is 1. The zero-order chi connectivity index (χ0) is 41.7. The van der Waals surface area contributed by atoms with E-state index in [1.165, 1.54) is 19.1 Å². The van der Waals surface area contributed by atoms with Gasteiger partial charge in [-0.2, -0.15) is 0 Å². The normalized spacial score (nSPS) is 12.0. The molecule has 1 aromatic heterocycles. The lowest BCUT2D eigenvalue weighted by Crippen LogP contribution is -2.35. The molecule has 5 aromatic rings. The van der Waals surface area contributed by atoms with Crippen LogP contribution in [0.15, 0.2) is 85.1 Å². The molecule has 0 radical (unpaired) electrons. The molecule has 1 atom stereocenters. The fourth-order valence-electron chi connectivity index (χ4n) is 5.94. The number of fused-ring (bicyclic) bond motifs is 1. The first-order valence-corrected chi connectivity index (χ1v) is 19.5. The molecule has 17 heteroatoms. The van der Waals surface area contributed by atoms with Gasteiger partial charge in [-0.25, -0.2) is 18.2 Å². The molecule has 0 saturated carbocycles. The minimum absolute atomic E-state index is 0.0634. The van der Waals surface area contributed by atoms with Crippen LogP contribution in [0.25, 0.3) is 10.8 Å². The van der Waals surface area contributed by atoms with Crippen LogP contribution >= 0.6 is 0 Å². The van der Waals surface area contributed by atoms with Crippen molar-refractivity contribution in [2.75, 3.05) is 42.0 Å². The number of aromatic nitrogens is 1. The van der Waals surface area contributed by atoms with Gasteiger partial charge in [0.05, 0.1) is 43.1 Å². The summed E-state index contributed by atoms with van der Waals surface area (Å²) in [6, 6.07) is 20.3. The van der Waals surface area contributed by atoms with Crippen LogP contribution in [-0.4, -0.2) is 69.5 Å². The van der Waals surface area contributed by atoms with Gasteiger partial charge in [-0.05, 0) is 59.9 Å². The summed E-state index contributed by atoms with van der Waals surface area (Å²) in [5.74, 6) is 0.0631. The van der Waals surface area contributed by atoms with E-state index < -0.39 is 39.4 Å². The number of anilines is 5. The van der Waals surface area contributed by atoms with Crippen molar-refractivity contribution in [3.8, 4) is 23.0 Å². The number of rotatable bonds is 15. The molecule has 0 aliphatic rings. The monoisotopic (exact) mass is 799 g/mol. The van der Waals surface area contributed by atoms with Gasteiger partial charge in [0.1, 0.15) is 29.1 Å². The number of pyridine rings is 1. The standard InChI is InChI=1S/C40H45N7O9S/c1-40(2,3)23-19-30(46-57(6,52)53)36(55-5)32(20-23)47(39(42)51)31-13-14-33(27-10-8-7-9-26(27)31)56-25-15-17-43-35(22-25)45-24-11-12-28(34(21-24)54-4)37(48)44-18-16-29(41)38(49)50/h7-15,17,19-22,29,46H,16,18,41H2,1-6H3,(H2,42,51)(H,43,45)(H,44,48)(H,49,50)/t29-/m0/s1. The maximum atomic E-state index is 13.4. The number of nitrogens with zero attached hydrogens (tertiary/aromatic N) is 2. The first-order chi connectivity index (χ1) is 26.9. The molecule has 0 saturated heterocycles. The molecule has 1 heterocycles. The van der Waals surface area contributed by atoms with Crippen molar-refractivity contribution in [1.82, 2.24) is 10.3 Å². The van der Waals surface area contributed by atoms with Crippen LogP contribution < -0.4 is 45.9 Å². The lowest BCUT2D eigenvalue weighted by molar-refractivity contribution is -0.138. The number of benzene rings is 4. The van der Waals surface area contributed by atoms with Crippen molar-refractivity contribution in [2.45, 2.75) is 38.6 Å². The van der Waals surface area contributed by atoms with Gasteiger partial charge in [0, 0.05) is 41.3 Å². The number of carbonyl (C=O) groups excluding carboxylic acids is 2. The Morgan fingerprint density at radius 3 is 2.26 bits per heavy atom. The molecule has 8 N–H and O–H groups in total. The number of carboxylic acid groups (broad SMARTS) is 1. The van der Waals surface area contributed by atoms with Crippen molar-refractivity contribution in [2.24, 2.45) is 11.5 Å². The van der Waals surface area contributed by atoms with Crippen LogP contribution in [0.4, 0.5) is 33.4 Å². The Labute approximate surface area is 330 Å². The van der Waals surface area contributed by atoms with E-state index in [1.807, 2.05) is 39.0 Å². The molecule has 0 fully saturated rings. The molecule has 0 unspecified atom stereocenters. The third-order valence-corrected chi connectivity index (χ3v) is 9.32. The fraction of sp³-hybridized carbons (Fsp3) is 0.250. The van der Waals surface area contributed by atoms with Crippen molar-refractivity contribution in [3.63, 3.8) is 0 Å². The molecule has 0 aliphatic carbocycles. The van der Waals surface area contributed by atoms with E-state index in [0.717, 1.165) is 11.8 Å². The predicted octanol–water partition coefficient (Wildman–Crippen LogP) is 6.21. The van der Waals surface area contributed by atoms with Crippen LogP contribution in [-0.2, 0) is 20.2 Å². The van der Waals surface area contributed by atoms with Gasteiger partial charge in [-0.1, -0.05) is 45.0 Å². The van der Waals surface area contributed by atoms with E-state index in [2.05, 4.69) is 20.3 Å². The number of primary amides is 1. The lowest BCUT2D eigenvalue weighted by atomic mass is 9.86. The lowest BCUT2D eigenvalue weighted by Gasteiger charge is -2.29. The second kappa shape index (κ2) is 17.1. The number of aliphatic carboxylic acids is 1. The highest BCUT2D eigenvalue weighted by Gasteiger charge is 2.28. The average molecular weight is 800 g/mol. The van der Waals surface area contributed by atoms with Crippen molar-refractivity contribution in [1.29, 1.82) is 0 Å². The van der Waals surface area contributed by atoms with E-state index in [0.29, 0.717) is 39.5 Å². The summed E-state index contributed by atoms with van der Waals surface area (Å²) in [7, 11) is -0.928. The Balaban J connectivity index is 1.45. The number of nitrogens with two attached hydrogens (primary N) is 2. The third-order valence-electron chi connectivity index (χ3n) is 8.73. The Hall–Kier alpha value is -6.59. The molecule has 3 amide bonds. The van der Waals surface area contributed by atoms with Gasteiger partial charge in [-0.15, -0.1) is 0 Å².